The average molecular weight is 267 g/mol. The van der Waals surface area contributed by atoms with E-state index in [0.717, 1.165) is 5.56 Å². The summed E-state index contributed by atoms with van der Waals surface area (Å²) < 4.78 is 0. The number of carbonyl (C=O) groups excluding carboxylic acids is 1. The molecule has 1 rings (SSSR count). The summed E-state index contributed by atoms with van der Waals surface area (Å²) in [5.74, 6) is 0.102. The Hall–Kier alpha value is -1.00. The number of hydrogen-bond acceptors (Lipinski definition) is 3. The molecule has 0 fully saturated rings. The summed E-state index contributed by atoms with van der Waals surface area (Å²) in [7, 11) is 1.81. The maximum Gasteiger partial charge on any atom is 0.235 e. The highest BCUT2D eigenvalue weighted by atomic mass is 32.2. The smallest absolute Gasteiger partial charge is 0.235 e. The number of aliphatic hydroxyl groups is 1. The van der Waals surface area contributed by atoms with Crippen LogP contribution in [0.3, 0.4) is 0 Å². The van der Waals surface area contributed by atoms with E-state index in [-0.39, 0.29) is 23.8 Å². The molecule has 100 valence electrons. The molecule has 0 aliphatic heterocycles. The highest BCUT2D eigenvalue weighted by Crippen LogP contribution is 2.24. The molecule has 1 N–H and O–H groups in total. The highest BCUT2D eigenvalue weighted by molar-refractivity contribution is 7.99. The number of aliphatic hydroxyl groups excluding tert-OH is 1. The van der Waals surface area contributed by atoms with E-state index in [2.05, 4.69) is 0 Å². The fourth-order valence-corrected chi connectivity index (χ4v) is 2.29. The Labute approximate surface area is 113 Å². The van der Waals surface area contributed by atoms with Gasteiger partial charge in [0.05, 0.1) is 11.3 Å². The van der Waals surface area contributed by atoms with E-state index in [1.165, 1.54) is 11.8 Å². The summed E-state index contributed by atoms with van der Waals surface area (Å²) in [4.78, 5) is 13.9. The molecule has 0 bridgehead atoms. The summed E-state index contributed by atoms with van der Waals surface area (Å²) in [5.41, 5.74) is 1.07. The van der Waals surface area contributed by atoms with E-state index in [4.69, 9.17) is 0 Å². The Balaban J connectivity index is 2.88. The van der Waals surface area contributed by atoms with Gasteiger partial charge in [-0.2, -0.15) is 11.8 Å². The van der Waals surface area contributed by atoms with Crippen molar-refractivity contribution in [3.05, 3.63) is 35.9 Å². The second-order valence-electron chi connectivity index (χ2n) is 4.27. The second kappa shape index (κ2) is 7.44. The van der Waals surface area contributed by atoms with Crippen LogP contribution in [0.25, 0.3) is 0 Å². The summed E-state index contributed by atoms with van der Waals surface area (Å²) in [6.45, 7) is 1.98. The van der Waals surface area contributed by atoms with Crippen LogP contribution in [-0.2, 0) is 4.79 Å². The molecule has 1 amide bonds. The number of thioether (sulfide) groups is 1. The van der Waals surface area contributed by atoms with Gasteiger partial charge in [-0.15, -0.1) is 0 Å². The molecule has 3 nitrogen and oxygen atoms in total. The summed E-state index contributed by atoms with van der Waals surface area (Å²) in [5, 5.41) is 9.13. The first-order valence-electron chi connectivity index (χ1n) is 6.07. The zero-order valence-corrected chi connectivity index (χ0v) is 12.0. The van der Waals surface area contributed by atoms with Crippen LogP contribution < -0.4 is 0 Å². The Bertz CT molecular complexity index is 369. The van der Waals surface area contributed by atoms with E-state index in [1.54, 1.807) is 4.90 Å². The van der Waals surface area contributed by atoms with Crippen LogP contribution in [0.2, 0.25) is 0 Å². The molecule has 18 heavy (non-hydrogen) atoms. The Morgan fingerprint density at radius 2 is 2.00 bits per heavy atom. The third-order valence-corrected chi connectivity index (χ3v) is 4.01. The van der Waals surface area contributed by atoms with Gasteiger partial charge < -0.3 is 10.0 Å². The Morgan fingerprint density at radius 1 is 1.39 bits per heavy atom. The molecule has 0 saturated carbocycles. The van der Waals surface area contributed by atoms with E-state index in [1.807, 2.05) is 50.6 Å². The van der Waals surface area contributed by atoms with Gasteiger partial charge in [0.1, 0.15) is 0 Å². The van der Waals surface area contributed by atoms with Crippen LogP contribution in [0.1, 0.15) is 24.9 Å². The van der Waals surface area contributed by atoms with Gasteiger partial charge in [0.25, 0.3) is 0 Å². The molecular formula is C14H21NO2S. The first-order chi connectivity index (χ1) is 8.61. The standard InChI is InChI=1S/C14H21NO2S/c1-11(18-3)14(17)15(2)13(9-10-16)12-7-5-4-6-8-12/h4-8,11,13,16H,9-10H2,1-3H3. The molecule has 0 radical (unpaired) electrons. The van der Waals surface area contributed by atoms with Crippen molar-refractivity contribution in [2.45, 2.75) is 24.6 Å². The third kappa shape index (κ3) is 3.75. The first kappa shape index (κ1) is 15.1. The first-order valence-corrected chi connectivity index (χ1v) is 7.35. The van der Waals surface area contributed by atoms with Crippen molar-refractivity contribution in [1.82, 2.24) is 4.90 Å². The molecular weight excluding hydrogens is 246 g/mol. The number of nitrogens with zero attached hydrogens (tertiary/aromatic N) is 1. The molecule has 2 atom stereocenters. The normalized spacial score (nSPS) is 14.0. The minimum atomic E-state index is -0.0571. The van der Waals surface area contributed by atoms with Gasteiger partial charge in [-0.25, -0.2) is 0 Å². The van der Waals surface area contributed by atoms with E-state index in [0.29, 0.717) is 6.42 Å². The quantitative estimate of drug-likeness (QED) is 0.860. The SMILES string of the molecule is CSC(C)C(=O)N(C)C(CCO)c1ccccc1. The summed E-state index contributed by atoms with van der Waals surface area (Å²) >= 11 is 1.54. The molecule has 2 unspecified atom stereocenters. The van der Waals surface area contributed by atoms with E-state index in [9.17, 15) is 9.90 Å². The Morgan fingerprint density at radius 3 is 2.50 bits per heavy atom. The molecule has 4 heteroatoms. The van der Waals surface area contributed by atoms with Crippen molar-refractivity contribution in [2.24, 2.45) is 0 Å². The number of rotatable bonds is 6. The molecule has 0 aromatic heterocycles. The fourth-order valence-electron chi connectivity index (χ4n) is 1.92. The second-order valence-corrected chi connectivity index (χ2v) is 5.44. The number of amides is 1. The minimum absolute atomic E-state index is 0.0556. The van der Waals surface area contributed by atoms with Gasteiger partial charge in [-0.3, -0.25) is 4.79 Å². The molecule has 1 aromatic carbocycles. The molecule has 0 saturated heterocycles. The zero-order valence-electron chi connectivity index (χ0n) is 11.2. The van der Waals surface area contributed by atoms with Gasteiger partial charge in [0, 0.05) is 13.7 Å². The lowest BCUT2D eigenvalue weighted by Crippen LogP contribution is -2.36. The van der Waals surface area contributed by atoms with Crippen LogP contribution in [0.15, 0.2) is 30.3 Å². The maximum absolute atomic E-state index is 12.2. The predicted molar refractivity (Wildman–Crippen MR) is 76.6 cm³/mol. The van der Waals surface area contributed by atoms with Crippen LogP contribution in [0, 0.1) is 0 Å². The highest BCUT2D eigenvalue weighted by Gasteiger charge is 2.24. The lowest BCUT2D eigenvalue weighted by Gasteiger charge is -2.30. The summed E-state index contributed by atoms with van der Waals surface area (Å²) in [6.07, 6.45) is 2.49. The molecule has 0 aliphatic rings. The van der Waals surface area contributed by atoms with Crippen LogP contribution in [0.4, 0.5) is 0 Å². The van der Waals surface area contributed by atoms with Crippen LogP contribution in [-0.4, -0.2) is 41.1 Å². The van der Waals surface area contributed by atoms with E-state index >= 15 is 0 Å². The van der Waals surface area contributed by atoms with Gasteiger partial charge in [-0.1, -0.05) is 30.3 Å². The average Bonchev–Trinajstić information content (AvgIpc) is 2.43. The molecule has 0 aliphatic carbocycles. The van der Waals surface area contributed by atoms with Gasteiger partial charge in [-0.05, 0) is 25.2 Å². The lowest BCUT2D eigenvalue weighted by molar-refractivity contribution is -0.131. The van der Waals surface area contributed by atoms with Crippen LogP contribution in [0.5, 0.6) is 0 Å². The van der Waals surface area contributed by atoms with Crippen molar-refractivity contribution in [1.29, 1.82) is 0 Å². The monoisotopic (exact) mass is 267 g/mol. The molecule has 0 spiro atoms. The van der Waals surface area contributed by atoms with Crippen molar-refractivity contribution in [3.8, 4) is 0 Å². The fraction of sp³-hybridized carbons (Fsp3) is 0.500. The Kier molecular flexibility index (Phi) is 6.22. The van der Waals surface area contributed by atoms with Gasteiger partial charge in [0.2, 0.25) is 5.91 Å². The van der Waals surface area contributed by atoms with Crippen molar-refractivity contribution >= 4 is 17.7 Å². The molecule has 1 aromatic rings. The summed E-state index contributed by atoms with van der Waals surface area (Å²) in [6, 6.07) is 9.79. The van der Waals surface area contributed by atoms with E-state index < -0.39 is 0 Å². The van der Waals surface area contributed by atoms with Crippen molar-refractivity contribution < 1.29 is 9.90 Å². The minimum Gasteiger partial charge on any atom is -0.396 e. The maximum atomic E-state index is 12.2. The van der Waals surface area contributed by atoms with Crippen LogP contribution >= 0.6 is 11.8 Å². The van der Waals surface area contributed by atoms with Gasteiger partial charge >= 0.3 is 0 Å². The topological polar surface area (TPSA) is 40.5 Å². The largest absolute Gasteiger partial charge is 0.396 e. The predicted octanol–water partition coefficient (Wildman–Crippen LogP) is 2.32. The third-order valence-electron chi connectivity index (χ3n) is 3.10. The van der Waals surface area contributed by atoms with Crippen molar-refractivity contribution in [2.75, 3.05) is 19.9 Å². The number of carbonyl (C=O) groups is 1. The van der Waals surface area contributed by atoms with Crippen molar-refractivity contribution in [3.63, 3.8) is 0 Å². The number of benzene rings is 1. The molecule has 0 heterocycles. The lowest BCUT2D eigenvalue weighted by atomic mass is 10.0. The number of hydrogen-bond donors (Lipinski definition) is 1. The van der Waals surface area contributed by atoms with Gasteiger partial charge in [0.15, 0.2) is 0 Å². The zero-order chi connectivity index (χ0) is 13.5.